The van der Waals surface area contributed by atoms with Crippen LogP contribution in [0.25, 0.3) is 0 Å². The highest BCUT2D eigenvalue weighted by Crippen LogP contribution is 2.20. The third-order valence-corrected chi connectivity index (χ3v) is 6.70. The van der Waals surface area contributed by atoms with E-state index in [0.29, 0.717) is 13.2 Å². The molecule has 0 unspecified atom stereocenters. The van der Waals surface area contributed by atoms with Crippen molar-refractivity contribution in [2.24, 2.45) is 0 Å². The lowest BCUT2D eigenvalue weighted by Gasteiger charge is -2.17. The number of hydrogen-bond donors (Lipinski definition) is 0. The molecule has 0 saturated heterocycles. The van der Waals surface area contributed by atoms with Gasteiger partial charge in [0.05, 0.1) is 25.5 Å². The Hall–Kier alpha value is -2.74. The second-order valence-corrected chi connectivity index (χ2v) is 9.23. The van der Waals surface area contributed by atoms with Crippen molar-refractivity contribution in [2.75, 3.05) is 7.05 Å². The summed E-state index contributed by atoms with van der Waals surface area (Å²) in [5.41, 5.74) is 5.67. The molecule has 0 aliphatic carbocycles. The van der Waals surface area contributed by atoms with Crippen LogP contribution in [0.3, 0.4) is 0 Å². The molecule has 8 heteroatoms. The molecule has 33 heavy (non-hydrogen) atoms. The fourth-order valence-electron chi connectivity index (χ4n) is 4.04. The maximum absolute atomic E-state index is 6.36. The molecule has 6 nitrogen and oxygen atoms in total. The van der Waals surface area contributed by atoms with E-state index in [1.807, 2.05) is 58.8 Å². The summed E-state index contributed by atoms with van der Waals surface area (Å²) in [4.78, 5) is 2.21. The van der Waals surface area contributed by atoms with E-state index in [-0.39, 0.29) is 0 Å². The summed E-state index contributed by atoms with van der Waals surface area (Å²) in [5, 5.41) is 10.2. The molecule has 4 aromatic rings. The van der Waals surface area contributed by atoms with Gasteiger partial charge in [0.2, 0.25) is 0 Å². The lowest BCUT2D eigenvalue weighted by atomic mass is 10.2. The van der Waals surface area contributed by atoms with Gasteiger partial charge in [0.15, 0.2) is 4.77 Å². The zero-order chi connectivity index (χ0) is 23.5. The van der Waals surface area contributed by atoms with Gasteiger partial charge in [0, 0.05) is 22.8 Å². The van der Waals surface area contributed by atoms with Crippen LogP contribution in [-0.4, -0.2) is 36.1 Å². The highest BCUT2D eigenvalue weighted by molar-refractivity contribution is 7.71. The highest BCUT2D eigenvalue weighted by atomic mass is 35.5. The molecular formula is C25H29ClN6S. The number of halogens is 1. The van der Waals surface area contributed by atoms with E-state index in [2.05, 4.69) is 42.5 Å². The summed E-state index contributed by atoms with van der Waals surface area (Å²) >= 11 is 12.1. The molecule has 2 aromatic carbocycles. The van der Waals surface area contributed by atoms with Crippen molar-refractivity contribution in [2.45, 2.75) is 47.1 Å². The maximum atomic E-state index is 6.36. The first-order chi connectivity index (χ1) is 15.8. The average molecular weight is 481 g/mol. The van der Waals surface area contributed by atoms with Gasteiger partial charge in [-0.3, -0.25) is 14.1 Å². The second-order valence-electron chi connectivity index (χ2n) is 8.46. The lowest BCUT2D eigenvalue weighted by Crippen LogP contribution is -2.23. The van der Waals surface area contributed by atoms with Gasteiger partial charge in [-0.1, -0.05) is 60.1 Å². The first kappa shape index (κ1) is 23.4. The molecule has 0 spiro atoms. The Morgan fingerprint density at radius 1 is 0.909 bits per heavy atom. The third kappa shape index (κ3) is 5.27. The van der Waals surface area contributed by atoms with Crippen LogP contribution >= 0.6 is 23.8 Å². The van der Waals surface area contributed by atoms with Gasteiger partial charge in [-0.15, -0.1) is 0 Å². The monoisotopic (exact) mass is 480 g/mol. The smallest absolute Gasteiger partial charge is 0.199 e. The minimum absolute atomic E-state index is 0.607. The van der Waals surface area contributed by atoms with Gasteiger partial charge >= 0.3 is 0 Å². The molecule has 172 valence electrons. The number of aromatic nitrogens is 5. The Kier molecular flexibility index (Phi) is 7.12. The Morgan fingerprint density at radius 2 is 1.61 bits per heavy atom. The zero-order valence-corrected chi connectivity index (χ0v) is 21.1. The van der Waals surface area contributed by atoms with Gasteiger partial charge in [-0.25, -0.2) is 4.68 Å². The van der Waals surface area contributed by atoms with Crippen molar-refractivity contribution in [3.8, 4) is 0 Å². The second kappa shape index (κ2) is 10.0. The van der Waals surface area contributed by atoms with Crippen LogP contribution < -0.4 is 0 Å². The van der Waals surface area contributed by atoms with Gasteiger partial charge in [0.25, 0.3) is 0 Å². The van der Waals surface area contributed by atoms with E-state index in [0.717, 1.165) is 45.7 Å². The minimum Gasteiger partial charge on any atom is -0.300 e. The molecule has 0 radical (unpaired) electrons. The standard InChI is InChI=1S/C25H29ClN6S/c1-18-23(19(2)31(27-18)15-22-12-8-9-13-24(22)26)16-29(4)17-32-25(33)30(20(3)28-32)14-21-10-6-5-7-11-21/h5-13H,14-17H2,1-4H3. The van der Waals surface area contributed by atoms with E-state index in [1.165, 1.54) is 11.1 Å². The largest absolute Gasteiger partial charge is 0.300 e. The van der Waals surface area contributed by atoms with Crippen molar-refractivity contribution in [3.05, 3.63) is 98.3 Å². The average Bonchev–Trinajstić information content (AvgIpc) is 3.20. The van der Waals surface area contributed by atoms with Crippen molar-refractivity contribution in [1.82, 2.24) is 29.0 Å². The van der Waals surface area contributed by atoms with E-state index >= 15 is 0 Å². The summed E-state index contributed by atoms with van der Waals surface area (Å²) in [6.07, 6.45) is 0. The van der Waals surface area contributed by atoms with Crippen LogP contribution in [0.5, 0.6) is 0 Å². The summed E-state index contributed by atoms with van der Waals surface area (Å²) in [7, 11) is 2.08. The quantitative estimate of drug-likeness (QED) is 0.318. The normalized spacial score (nSPS) is 11.5. The van der Waals surface area contributed by atoms with Crippen LogP contribution in [0.1, 0.15) is 33.9 Å². The Labute approximate surface area is 205 Å². The molecule has 0 amide bonds. The molecular weight excluding hydrogens is 452 g/mol. The molecule has 0 atom stereocenters. The number of aryl methyl sites for hydroxylation is 2. The summed E-state index contributed by atoms with van der Waals surface area (Å²) in [5.74, 6) is 0.914. The molecule has 0 bridgehead atoms. The van der Waals surface area contributed by atoms with Crippen LogP contribution in [0, 0.1) is 25.5 Å². The Balaban J connectivity index is 1.48. The Bertz CT molecular complexity index is 1300. The summed E-state index contributed by atoms with van der Waals surface area (Å²) in [6, 6.07) is 18.2. The van der Waals surface area contributed by atoms with Crippen LogP contribution in [-0.2, 0) is 26.3 Å². The molecule has 2 heterocycles. The SMILES string of the molecule is Cc1nn(Cc2ccccc2Cl)c(C)c1CN(C)Cn1nc(C)n(Cc2ccccc2)c1=S. The van der Waals surface area contributed by atoms with Crippen molar-refractivity contribution < 1.29 is 0 Å². The first-order valence-corrected chi connectivity index (χ1v) is 11.7. The predicted octanol–water partition coefficient (Wildman–Crippen LogP) is 5.38. The summed E-state index contributed by atoms with van der Waals surface area (Å²) in [6.45, 7) is 8.92. The van der Waals surface area contributed by atoms with Crippen LogP contribution in [0.2, 0.25) is 5.02 Å². The topological polar surface area (TPSA) is 43.8 Å². The van der Waals surface area contributed by atoms with Gasteiger partial charge in [-0.05, 0) is 57.2 Å². The van der Waals surface area contributed by atoms with Crippen LogP contribution in [0.4, 0.5) is 0 Å². The van der Waals surface area contributed by atoms with E-state index in [9.17, 15) is 0 Å². The first-order valence-electron chi connectivity index (χ1n) is 11.0. The molecule has 0 aliphatic rings. The number of nitrogens with zero attached hydrogens (tertiary/aromatic N) is 6. The predicted molar refractivity (Wildman–Crippen MR) is 135 cm³/mol. The fourth-order valence-corrected chi connectivity index (χ4v) is 4.53. The van der Waals surface area contributed by atoms with E-state index < -0.39 is 0 Å². The van der Waals surface area contributed by atoms with Gasteiger partial charge in [0.1, 0.15) is 5.82 Å². The van der Waals surface area contributed by atoms with Gasteiger partial charge in [-0.2, -0.15) is 10.2 Å². The van der Waals surface area contributed by atoms with Crippen LogP contribution in [0.15, 0.2) is 54.6 Å². The van der Waals surface area contributed by atoms with E-state index in [1.54, 1.807) is 0 Å². The third-order valence-electron chi connectivity index (χ3n) is 5.90. The highest BCUT2D eigenvalue weighted by Gasteiger charge is 2.16. The molecule has 0 saturated carbocycles. The Morgan fingerprint density at radius 3 is 2.33 bits per heavy atom. The molecule has 0 N–H and O–H groups in total. The van der Waals surface area contributed by atoms with Gasteiger partial charge < -0.3 is 0 Å². The molecule has 2 aromatic heterocycles. The molecule has 0 aliphatic heterocycles. The minimum atomic E-state index is 0.607. The maximum Gasteiger partial charge on any atom is 0.199 e. The number of benzene rings is 2. The lowest BCUT2D eigenvalue weighted by molar-refractivity contribution is 0.242. The van der Waals surface area contributed by atoms with Crippen molar-refractivity contribution in [1.29, 1.82) is 0 Å². The number of hydrogen-bond acceptors (Lipinski definition) is 4. The molecule has 0 fully saturated rings. The van der Waals surface area contributed by atoms with E-state index in [4.69, 9.17) is 34.0 Å². The molecule has 4 rings (SSSR count). The summed E-state index contributed by atoms with van der Waals surface area (Å²) < 4.78 is 6.73. The van der Waals surface area contributed by atoms with Crippen molar-refractivity contribution in [3.63, 3.8) is 0 Å². The zero-order valence-electron chi connectivity index (χ0n) is 19.5. The fraction of sp³-hybridized carbons (Fsp3) is 0.320. The number of rotatable bonds is 8. The van der Waals surface area contributed by atoms with Crippen molar-refractivity contribution >= 4 is 23.8 Å².